The number of hydrogen-bond donors (Lipinski definition) is 2. The van der Waals surface area contributed by atoms with Crippen molar-refractivity contribution in [2.45, 2.75) is 25.6 Å². The molecule has 0 bridgehead atoms. The maximum Gasteiger partial charge on any atom is 0.433 e. The molecule has 0 atom stereocenters. The second-order valence-corrected chi connectivity index (χ2v) is 4.90. The number of hydrogen-bond acceptors (Lipinski definition) is 4. The average Bonchev–Trinajstić information content (AvgIpc) is 2.26. The first kappa shape index (κ1) is 16.2. The van der Waals surface area contributed by atoms with Crippen LogP contribution < -0.4 is 11.1 Å². The molecule has 1 aromatic rings. The first-order chi connectivity index (χ1) is 9.07. The Morgan fingerprint density at radius 2 is 2.00 bits per heavy atom. The van der Waals surface area contributed by atoms with Crippen molar-refractivity contribution < 1.29 is 22.7 Å². The van der Waals surface area contributed by atoms with E-state index in [-0.39, 0.29) is 18.0 Å². The van der Waals surface area contributed by atoms with E-state index in [4.69, 9.17) is 10.5 Å². The number of methoxy groups -OCH3 is 1. The SMILES string of the molecule is COCC(C)(C)Nc1nc(C(F)(F)F)ccc1C(N)=O. The van der Waals surface area contributed by atoms with E-state index in [9.17, 15) is 18.0 Å². The third-order valence-corrected chi connectivity index (χ3v) is 2.41. The summed E-state index contributed by atoms with van der Waals surface area (Å²) in [6.07, 6.45) is -4.60. The zero-order valence-corrected chi connectivity index (χ0v) is 11.3. The number of halogens is 3. The van der Waals surface area contributed by atoms with Crippen LogP contribution >= 0.6 is 0 Å². The van der Waals surface area contributed by atoms with E-state index in [1.165, 1.54) is 7.11 Å². The van der Waals surface area contributed by atoms with Crippen molar-refractivity contribution >= 4 is 11.7 Å². The van der Waals surface area contributed by atoms with Gasteiger partial charge < -0.3 is 15.8 Å². The number of ether oxygens (including phenoxy) is 1. The topological polar surface area (TPSA) is 77.2 Å². The largest absolute Gasteiger partial charge is 0.433 e. The molecular weight excluding hydrogens is 275 g/mol. The predicted octanol–water partition coefficient (Wildman–Crippen LogP) is 2.04. The van der Waals surface area contributed by atoms with Gasteiger partial charge in [0.2, 0.25) is 0 Å². The molecule has 1 aromatic heterocycles. The first-order valence-electron chi connectivity index (χ1n) is 5.72. The summed E-state index contributed by atoms with van der Waals surface area (Å²) in [6, 6.07) is 1.72. The lowest BCUT2D eigenvalue weighted by Gasteiger charge is -2.27. The molecule has 0 saturated heterocycles. The van der Waals surface area contributed by atoms with Crippen molar-refractivity contribution in [2.75, 3.05) is 19.0 Å². The summed E-state index contributed by atoms with van der Waals surface area (Å²) in [5, 5.41) is 2.74. The van der Waals surface area contributed by atoms with Gasteiger partial charge in [0.15, 0.2) is 0 Å². The molecule has 1 rings (SSSR count). The zero-order chi connectivity index (χ0) is 15.6. The lowest BCUT2D eigenvalue weighted by molar-refractivity contribution is -0.141. The first-order valence-corrected chi connectivity index (χ1v) is 5.72. The van der Waals surface area contributed by atoms with Crippen LogP contribution in [0.5, 0.6) is 0 Å². The van der Waals surface area contributed by atoms with Crippen LogP contribution in [0, 0.1) is 0 Å². The molecule has 112 valence electrons. The highest BCUT2D eigenvalue weighted by Gasteiger charge is 2.34. The average molecular weight is 291 g/mol. The van der Waals surface area contributed by atoms with Crippen LogP contribution in [-0.2, 0) is 10.9 Å². The van der Waals surface area contributed by atoms with Crippen LogP contribution in [0.15, 0.2) is 12.1 Å². The summed E-state index contributed by atoms with van der Waals surface area (Å²) < 4.78 is 42.9. The maximum atomic E-state index is 12.7. The number of carbonyl (C=O) groups is 1. The minimum absolute atomic E-state index is 0.109. The standard InChI is InChI=1S/C12H16F3N3O2/c1-11(2,6-20-3)18-10-7(9(16)19)4-5-8(17-10)12(13,14)15/h4-5H,6H2,1-3H3,(H2,16,19)(H,17,18). The highest BCUT2D eigenvalue weighted by atomic mass is 19.4. The van der Waals surface area contributed by atoms with E-state index < -0.39 is 23.3 Å². The van der Waals surface area contributed by atoms with E-state index in [1.54, 1.807) is 13.8 Å². The minimum atomic E-state index is -4.60. The fourth-order valence-electron chi connectivity index (χ4n) is 1.63. The highest BCUT2D eigenvalue weighted by Crippen LogP contribution is 2.30. The molecule has 0 aromatic carbocycles. The Hall–Kier alpha value is -1.83. The number of nitrogens with zero attached hydrogens (tertiary/aromatic N) is 1. The zero-order valence-electron chi connectivity index (χ0n) is 11.3. The molecule has 0 fully saturated rings. The lowest BCUT2D eigenvalue weighted by atomic mass is 10.1. The number of nitrogens with one attached hydrogen (secondary N) is 1. The molecule has 0 aliphatic rings. The smallest absolute Gasteiger partial charge is 0.382 e. The number of carbonyl (C=O) groups excluding carboxylic acids is 1. The molecule has 1 amide bonds. The number of nitrogens with two attached hydrogens (primary N) is 1. The second-order valence-electron chi connectivity index (χ2n) is 4.90. The number of primary amides is 1. The normalized spacial score (nSPS) is 12.3. The van der Waals surface area contributed by atoms with Crippen LogP contribution in [0.1, 0.15) is 29.9 Å². The fraction of sp³-hybridized carbons (Fsp3) is 0.500. The van der Waals surface area contributed by atoms with Gasteiger partial charge in [0.25, 0.3) is 5.91 Å². The quantitative estimate of drug-likeness (QED) is 0.870. The Morgan fingerprint density at radius 1 is 1.40 bits per heavy atom. The van der Waals surface area contributed by atoms with Crippen molar-refractivity contribution in [2.24, 2.45) is 5.73 Å². The third-order valence-electron chi connectivity index (χ3n) is 2.41. The Bertz CT molecular complexity index is 501. The summed E-state index contributed by atoms with van der Waals surface area (Å²) in [4.78, 5) is 14.7. The highest BCUT2D eigenvalue weighted by molar-refractivity contribution is 5.97. The van der Waals surface area contributed by atoms with Gasteiger partial charge in [0.1, 0.15) is 11.5 Å². The van der Waals surface area contributed by atoms with Crippen molar-refractivity contribution in [1.82, 2.24) is 4.98 Å². The Labute approximate surface area is 114 Å². The van der Waals surface area contributed by atoms with Gasteiger partial charge in [0.05, 0.1) is 17.7 Å². The number of anilines is 1. The van der Waals surface area contributed by atoms with Gasteiger partial charge in [-0.15, -0.1) is 0 Å². The summed E-state index contributed by atoms with van der Waals surface area (Å²) in [5.74, 6) is -1.07. The van der Waals surface area contributed by atoms with Gasteiger partial charge in [-0.1, -0.05) is 0 Å². The van der Waals surface area contributed by atoms with Gasteiger partial charge >= 0.3 is 6.18 Å². The summed E-state index contributed by atoms with van der Waals surface area (Å²) in [6.45, 7) is 3.61. The van der Waals surface area contributed by atoms with Crippen molar-refractivity contribution in [3.05, 3.63) is 23.4 Å². The monoisotopic (exact) mass is 291 g/mol. The van der Waals surface area contributed by atoms with Crippen molar-refractivity contribution in [3.63, 3.8) is 0 Å². The van der Waals surface area contributed by atoms with E-state index in [0.717, 1.165) is 6.07 Å². The van der Waals surface area contributed by atoms with Gasteiger partial charge in [-0.2, -0.15) is 13.2 Å². The molecule has 1 heterocycles. The molecule has 5 nitrogen and oxygen atoms in total. The molecule has 0 unspecified atom stereocenters. The lowest BCUT2D eigenvalue weighted by Crippen LogP contribution is -2.37. The van der Waals surface area contributed by atoms with Crippen molar-refractivity contribution in [3.8, 4) is 0 Å². The maximum absolute atomic E-state index is 12.7. The van der Waals surface area contributed by atoms with E-state index in [1.807, 2.05) is 0 Å². The van der Waals surface area contributed by atoms with Crippen LogP contribution in [-0.4, -0.2) is 30.1 Å². The van der Waals surface area contributed by atoms with Crippen LogP contribution in [0.25, 0.3) is 0 Å². The molecule has 0 saturated carbocycles. The van der Waals surface area contributed by atoms with E-state index in [0.29, 0.717) is 6.07 Å². The molecule has 0 spiro atoms. The number of aromatic nitrogens is 1. The summed E-state index contributed by atoms with van der Waals surface area (Å²) in [7, 11) is 1.46. The van der Waals surface area contributed by atoms with Gasteiger partial charge in [0, 0.05) is 7.11 Å². The molecule has 0 aliphatic carbocycles. The molecule has 20 heavy (non-hydrogen) atoms. The molecule has 0 radical (unpaired) electrons. The molecule has 3 N–H and O–H groups in total. The van der Waals surface area contributed by atoms with Crippen molar-refractivity contribution in [1.29, 1.82) is 0 Å². The molecular formula is C12H16F3N3O2. The number of amides is 1. The molecule has 0 aliphatic heterocycles. The second kappa shape index (κ2) is 5.66. The molecule has 8 heteroatoms. The van der Waals surface area contributed by atoms with E-state index in [2.05, 4.69) is 10.3 Å². The Balaban J connectivity index is 3.23. The summed E-state index contributed by atoms with van der Waals surface area (Å²) >= 11 is 0. The number of rotatable bonds is 5. The van der Waals surface area contributed by atoms with Crippen LogP contribution in [0.3, 0.4) is 0 Å². The predicted molar refractivity (Wildman–Crippen MR) is 67.3 cm³/mol. The van der Waals surface area contributed by atoms with Gasteiger partial charge in [-0.25, -0.2) is 4.98 Å². The van der Waals surface area contributed by atoms with Gasteiger partial charge in [-0.05, 0) is 26.0 Å². The minimum Gasteiger partial charge on any atom is -0.382 e. The van der Waals surface area contributed by atoms with Gasteiger partial charge in [-0.3, -0.25) is 4.79 Å². The summed E-state index contributed by atoms with van der Waals surface area (Å²) in [5.41, 5.74) is 3.21. The van der Waals surface area contributed by atoms with Crippen LogP contribution in [0.2, 0.25) is 0 Å². The Morgan fingerprint density at radius 3 is 2.45 bits per heavy atom. The fourth-order valence-corrected chi connectivity index (χ4v) is 1.63. The Kier molecular flexibility index (Phi) is 4.59. The third kappa shape index (κ3) is 4.09. The number of alkyl halides is 3. The van der Waals surface area contributed by atoms with E-state index >= 15 is 0 Å². The van der Waals surface area contributed by atoms with Crippen LogP contribution in [0.4, 0.5) is 19.0 Å². The number of pyridine rings is 1.